The van der Waals surface area contributed by atoms with Crippen LogP contribution in [-0.4, -0.2) is 42.1 Å². The molecule has 1 amide bonds. The molecule has 0 spiro atoms. The normalized spacial score (nSPS) is 12.4. The first-order valence-electron chi connectivity index (χ1n) is 11.3. The van der Waals surface area contributed by atoms with Crippen molar-refractivity contribution in [3.05, 3.63) is 89.2 Å². The van der Waals surface area contributed by atoms with Gasteiger partial charge < -0.3 is 19.5 Å². The number of carbonyl (C=O) groups is 3. The van der Waals surface area contributed by atoms with Crippen molar-refractivity contribution in [1.29, 1.82) is 0 Å². The van der Waals surface area contributed by atoms with E-state index in [-0.39, 0.29) is 17.2 Å². The van der Waals surface area contributed by atoms with Gasteiger partial charge in [0, 0.05) is 25.1 Å². The summed E-state index contributed by atoms with van der Waals surface area (Å²) >= 11 is 0. The van der Waals surface area contributed by atoms with Crippen LogP contribution in [0.1, 0.15) is 48.3 Å². The molecule has 3 rings (SSSR count). The molecule has 194 valence electrons. The summed E-state index contributed by atoms with van der Waals surface area (Å²) in [5.74, 6) is -3.70. The van der Waals surface area contributed by atoms with Crippen molar-refractivity contribution in [1.82, 2.24) is 10.3 Å². The number of hydrogen-bond acceptors (Lipinski definition) is 7. The Balaban J connectivity index is 1.78. The highest BCUT2D eigenvalue weighted by Gasteiger charge is 2.29. The second kappa shape index (κ2) is 12.1. The Labute approximate surface area is 212 Å². The van der Waals surface area contributed by atoms with E-state index in [4.69, 9.17) is 14.2 Å². The highest BCUT2D eigenvalue weighted by atomic mass is 19.1. The van der Waals surface area contributed by atoms with Gasteiger partial charge >= 0.3 is 11.9 Å². The summed E-state index contributed by atoms with van der Waals surface area (Å²) in [6.07, 6.45) is 0.524. The number of ether oxygens (including phenoxy) is 3. The number of amides is 1. The molecule has 0 aliphatic rings. The maximum absolute atomic E-state index is 13.5. The van der Waals surface area contributed by atoms with Crippen LogP contribution in [0.4, 0.5) is 8.78 Å². The first kappa shape index (κ1) is 27.3. The number of rotatable bonds is 9. The van der Waals surface area contributed by atoms with Crippen molar-refractivity contribution < 1.29 is 37.4 Å². The predicted molar refractivity (Wildman–Crippen MR) is 129 cm³/mol. The summed E-state index contributed by atoms with van der Waals surface area (Å²) in [5, 5.41) is 2.48. The zero-order valence-corrected chi connectivity index (χ0v) is 20.7. The molecular formula is C27H26F2N2O6. The molecule has 1 N–H and O–H groups in total. The minimum absolute atomic E-state index is 0.112. The largest absolute Gasteiger partial charge is 0.493 e. The quantitative estimate of drug-likeness (QED) is 0.429. The molecule has 3 aromatic rings. The monoisotopic (exact) mass is 512 g/mol. The summed E-state index contributed by atoms with van der Waals surface area (Å²) in [7, 11) is 1.34. The van der Waals surface area contributed by atoms with E-state index in [2.05, 4.69) is 10.3 Å². The molecule has 0 bridgehead atoms. The molecule has 0 radical (unpaired) electrons. The number of nitrogens with zero attached hydrogens (tertiary/aromatic N) is 1. The Kier molecular flexibility index (Phi) is 8.89. The number of halogens is 2. The fraction of sp³-hybridized carbons (Fsp3) is 0.259. The molecule has 37 heavy (non-hydrogen) atoms. The van der Waals surface area contributed by atoms with Gasteiger partial charge in [-0.3, -0.25) is 9.59 Å². The van der Waals surface area contributed by atoms with Gasteiger partial charge in [0.25, 0.3) is 5.91 Å². The fourth-order valence-corrected chi connectivity index (χ4v) is 3.75. The van der Waals surface area contributed by atoms with Gasteiger partial charge in [0.05, 0.1) is 7.11 Å². The fourth-order valence-electron chi connectivity index (χ4n) is 3.75. The number of pyridine rings is 1. The number of esters is 2. The van der Waals surface area contributed by atoms with Crippen molar-refractivity contribution >= 4 is 17.8 Å². The van der Waals surface area contributed by atoms with Crippen LogP contribution in [0.2, 0.25) is 0 Å². The van der Waals surface area contributed by atoms with Gasteiger partial charge in [-0.05, 0) is 49.2 Å². The van der Waals surface area contributed by atoms with Crippen LogP contribution in [0.25, 0.3) is 0 Å². The molecular weight excluding hydrogens is 486 g/mol. The van der Waals surface area contributed by atoms with Crippen LogP contribution in [0.3, 0.4) is 0 Å². The van der Waals surface area contributed by atoms with E-state index in [1.54, 1.807) is 31.2 Å². The lowest BCUT2D eigenvalue weighted by Crippen LogP contribution is -2.41. The number of hydrogen-bond donors (Lipinski definition) is 1. The number of nitrogens with one attached hydrogen (secondary N) is 1. The molecule has 8 nitrogen and oxygen atoms in total. The van der Waals surface area contributed by atoms with Crippen molar-refractivity contribution in [2.24, 2.45) is 0 Å². The molecule has 10 heteroatoms. The molecule has 1 unspecified atom stereocenters. The minimum atomic E-state index is -1.12. The standard InChI is InChI=1S/C27H26F2N2O6/c1-15(31-26(33)24-25(37-17(3)32)22(35-4)13-14-30-24)27(34)36-16(2)23(18-5-9-20(28)10-6-18)19-7-11-21(29)12-8-19/h5-16,23H,1-4H3,(H,31,33)/t15-,16?/m1/s1. The Hall–Kier alpha value is -4.34. The Morgan fingerprint density at radius 2 is 1.43 bits per heavy atom. The van der Waals surface area contributed by atoms with E-state index in [1.165, 1.54) is 50.6 Å². The highest BCUT2D eigenvalue weighted by Crippen LogP contribution is 2.31. The van der Waals surface area contributed by atoms with Gasteiger partial charge in [-0.25, -0.2) is 18.6 Å². The van der Waals surface area contributed by atoms with E-state index in [0.717, 1.165) is 6.92 Å². The Bertz CT molecular complexity index is 1220. The molecule has 0 saturated carbocycles. The average molecular weight is 513 g/mol. The number of carbonyl (C=O) groups excluding carboxylic acids is 3. The molecule has 2 aromatic carbocycles. The Morgan fingerprint density at radius 1 is 0.892 bits per heavy atom. The SMILES string of the molecule is COc1ccnc(C(=O)N[C@H](C)C(=O)OC(C)C(c2ccc(F)cc2)c2ccc(F)cc2)c1OC(C)=O. The maximum atomic E-state index is 13.5. The van der Waals surface area contributed by atoms with Crippen molar-refractivity contribution in [2.75, 3.05) is 7.11 Å². The zero-order chi connectivity index (χ0) is 27.1. The van der Waals surface area contributed by atoms with E-state index in [0.29, 0.717) is 11.1 Å². The summed E-state index contributed by atoms with van der Waals surface area (Å²) < 4.78 is 42.9. The summed E-state index contributed by atoms with van der Waals surface area (Å²) in [6, 6.07) is 11.7. The number of methoxy groups -OCH3 is 1. The molecule has 0 aliphatic heterocycles. The lowest BCUT2D eigenvalue weighted by atomic mass is 9.87. The third kappa shape index (κ3) is 6.87. The van der Waals surface area contributed by atoms with Crippen LogP contribution in [-0.2, 0) is 14.3 Å². The third-order valence-corrected chi connectivity index (χ3v) is 5.48. The average Bonchev–Trinajstić information content (AvgIpc) is 2.86. The van der Waals surface area contributed by atoms with E-state index >= 15 is 0 Å². The smallest absolute Gasteiger partial charge is 0.328 e. The van der Waals surface area contributed by atoms with Gasteiger partial charge in [-0.2, -0.15) is 0 Å². The van der Waals surface area contributed by atoms with Gasteiger partial charge in [-0.1, -0.05) is 24.3 Å². The first-order valence-corrected chi connectivity index (χ1v) is 11.3. The van der Waals surface area contributed by atoms with Gasteiger partial charge in [0.15, 0.2) is 11.4 Å². The number of benzene rings is 2. The van der Waals surface area contributed by atoms with E-state index < -0.39 is 47.5 Å². The first-order chi connectivity index (χ1) is 17.6. The van der Waals surface area contributed by atoms with Crippen LogP contribution in [0.5, 0.6) is 11.5 Å². The summed E-state index contributed by atoms with van der Waals surface area (Å²) in [6.45, 7) is 4.23. The van der Waals surface area contributed by atoms with Gasteiger partial charge in [0.2, 0.25) is 5.75 Å². The minimum Gasteiger partial charge on any atom is -0.493 e. The highest BCUT2D eigenvalue weighted by molar-refractivity contribution is 5.98. The zero-order valence-electron chi connectivity index (χ0n) is 20.7. The van der Waals surface area contributed by atoms with E-state index in [9.17, 15) is 23.2 Å². The van der Waals surface area contributed by atoms with E-state index in [1.807, 2.05) is 0 Å². The molecule has 0 fully saturated rings. The molecule has 1 aromatic heterocycles. The lowest BCUT2D eigenvalue weighted by molar-refractivity contribution is -0.150. The van der Waals surface area contributed by atoms with Crippen LogP contribution >= 0.6 is 0 Å². The summed E-state index contributed by atoms with van der Waals surface area (Å²) in [4.78, 5) is 41.2. The van der Waals surface area contributed by atoms with Gasteiger partial charge in [-0.15, -0.1) is 0 Å². The second-order valence-corrected chi connectivity index (χ2v) is 8.20. The van der Waals surface area contributed by atoms with Crippen molar-refractivity contribution in [2.45, 2.75) is 38.8 Å². The topological polar surface area (TPSA) is 104 Å². The van der Waals surface area contributed by atoms with Crippen LogP contribution < -0.4 is 14.8 Å². The van der Waals surface area contributed by atoms with Crippen molar-refractivity contribution in [3.8, 4) is 11.5 Å². The van der Waals surface area contributed by atoms with Crippen LogP contribution in [0.15, 0.2) is 60.8 Å². The molecule has 0 aliphatic carbocycles. The maximum Gasteiger partial charge on any atom is 0.328 e. The molecule has 2 atom stereocenters. The molecule has 1 heterocycles. The summed E-state index contributed by atoms with van der Waals surface area (Å²) in [5.41, 5.74) is 1.05. The predicted octanol–water partition coefficient (Wildman–Crippen LogP) is 4.18. The Morgan fingerprint density at radius 3 is 1.92 bits per heavy atom. The third-order valence-electron chi connectivity index (χ3n) is 5.48. The van der Waals surface area contributed by atoms with Crippen LogP contribution in [0, 0.1) is 11.6 Å². The lowest BCUT2D eigenvalue weighted by Gasteiger charge is -2.26. The number of aromatic nitrogens is 1. The van der Waals surface area contributed by atoms with Gasteiger partial charge in [0.1, 0.15) is 23.8 Å². The second-order valence-electron chi connectivity index (χ2n) is 8.20. The van der Waals surface area contributed by atoms with Crippen molar-refractivity contribution in [3.63, 3.8) is 0 Å². The molecule has 0 saturated heterocycles.